The van der Waals surface area contributed by atoms with Crippen LogP contribution in [-0.2, 0) is 11.3 Å². The van der Waals surface area contributed by atoms with Gasteiger partial charge in [-0.3, -0.25) is 14.6 Å². The van der Waals surface area contributed by atoms with Crippen LogP contribution in [0.15, 0.2) is 48.7 Å². The normalized spacial score (nSPS) is 31.2. The molecule has 0 saturated heterocycles. The first-order chi connectivity index (χ1) is 16.7. The molecule has 0 radical (unpaired) electrons. The van der Waals surface area contributed by atoms with E-state index in [1.807, 2.05) is 6.92 Å². The number of halogens is 1. The molecule has 2 amide bonds. The maximum absolute atomic E-state index is 13.1. The van der Waals surface area contributed by atoms with Crippen molar-refractivity contribution in [3.8, 4) is 0 Å². The zero-order valence-electron chi connectivity index (χ0n) is 20.7. The number of benzene rings is 1. The first-order valence-corrected chi connectivity index (χ1v) is 12.6. The number of hydrogen-bond donors (Lipinski definition) is 3. The summed E-state index contributed by atoms with van der Waals surface area (Å²) in [7, 11) is 0. The Labute approximate surface area is 206 Å². The maximum atomic E-state index is 13.1. The van der Waals surface area contributed by atoms with E-state index in [4.69, 9.17) is 0 Å². The van der Waals surface area contributed by atoms with Crippen LogP contribution in [0.25, 0.3) is 0 Å². The van der Waals surface area contributed by atoms with E-state index < -0.39 is 6.10 Å². The molecule has 188 valence electrons. The molecule has 2 aliphatic carbocycles. The minimum absolute atomic E-state index is 0.0172. The van der Waals surface area contributed by atoms with E-state index in [-0.39, 0.29) is 52.8 Å². The standard InChI is InChI=1S/C28H36FN3O3/c1-17(26(34)31-16-19-7-9-20(29)10-8-19)21-11-13-28(3)14-12-22(18(2)24(28)25(21)33)32-27(35)23-6-4-5-15-30-23/h4-10,15,17-18,21-22,24-25,33H,11-14,16H2,1-3H3,(H,31,34)(H,32,35)/t17-,18+,21-,22-,24+,25-,28-/m0/s1. The van der Waals surface area contributed by atoms with Gasteiger partial charge in [0.1, 0.15) is 11.5 Å². The van der Waals surface area contributed by atoms with Gasteiger partial charge in [0.2, 0.25) is 5.91 Å². The maximum Gasteiger partial charge on any atom is 0.270 e. The molecular formula is C28H36FN3O3. The first-order valence-electron chi connectivity index (χ1n) is 12.6. The van der Waals surface area contributed by atoms with Gasteiger partial charge in [-0.15, -0.1) is 0 Å². The number of nitrogens with one attached hydrogen (secondary N) is 2. The molecule has 7 atom stereocenters. The minimum Gasteiger partial charge on any atom is -0.392 e. The molecule has 4 rings (SSSR count). The Hall–Kier alpha value is -2.80. The number of pyridine rings is 1. The van der Waals surface area contributed by atoms with E-state index in [9.17, 15) is 19.1 Å². The smallest absolute Gasteiger partial charge is 0.270 e. The number of carbonyl (C=O) groups is 2. The third-order valence-corrected chi connectivity index (χ3v) is 8.54. The van der Waals surface area contributed by atoms with Gasteiger partial charge < -0.3 is 15.7 Å². The van der Waals surface area contributed by atoms with Crippen molar-refractivity contribution in [1.29, 1.82) is 0 Å². The summed E-state index contributed by atoms with van der Waals surface area (Å²) in [6.45, 7) is 6.55. The summed E-state index contributed by atoms with van der Waals surface area (Å²) in [4.78, 5) is 29.8. The number of aromatic nitrogens is 1. The Morgan fingerprint density at radius 1 is 1.17 bits per heavy atom. The zero-order chi connectivity index (χ0) is 25.2. The predicted molar refractivity (Wildman–Crippen MR) is 132 cm³/mol. The fraction of sp³-hybridized carbons (Fsp3) is 0.536. The quantitative estimate of drug-likeness (QED) is 0.580. The minimum atomic E-state index is -0.634. The van der Waals surface area contributed by atoms with Gasteiger partial charge in [0.05, 0.1) is 6.10 Å². The number of aliphatic hydroxyl groups excluding tert-OH is 1. The highest BCUT2D eigenvalue weighted by Gasteiger charge is 2.53. The second-order valence-electron chi connectivity index (χ2n) is 10.7. The summed E-state index contributed by atoms with van der Waals surface area (Å²) in [6, 6.07) is 11.3. The van der Waals surface area contributed by atoms with Crippen molar-refractivity contribution in [2.45, 2.75) is 65.1 Å². The van der Waals surface area contributed by atoms with Crippen molar-refractivity contribution < 1.29 is 19.1 Å². The summed E-state index contributed by atoms with van der Waals surface area (Å²) in [5, 5.41) is 17.6. The molecule has 2 fully saturated rings. The molecule has 7 heteroatoms. The van der Waals surface area contributed by atoms with Crippen LogP contribution in [0.3, 0.4) is 0 Å². The second-order valence-corrected chi connectivity index (χ2v) is 10.7. The van der Waals surface area contributed by atoms with Crippen LogP contribution in [-0.4, -0.2) is 34.1 Å². The largest absolute Gasteiger partial charge is 0.392 e. The molecule has 0 aliphatic heterocycles. The molecule has 2 aliphatic rings. The number of hydrogen-bond acceptors (Lipinski definition) is 4. The van der Waals surface area contributed by atoms with Gasteiger partial charge in [0.25, 0.3) is 5.91 Å². The van der Waals surface area contributed by atoms with Gasteiger partial charge in [0, 0.05) is 24.7 Å². The molecule has 0 bridgehead atoms. The van der Waals surface area contributed by atoms with E-state index in [1.54, 1.807) is 36.5 Å². The lowest BCUT2D eigenvalue weighted by Crippen LogP contribution is -2.58. The van der Waals surface area contributed by atoms with E-state index in [2.05, 4.69) is 29.5 Å². The molecule has 6 nitrogen and oxygen atoms in total. The van der Waals surface area contributed by atoms with Crippen LogP contribution < -0.4 is 10.6 Å². The van der Waals surface area contributed by atoms with Gasteiger partial charge in [0.15, 0.2) is 0 Å². The van der Waals surface area contributed by atoms with E-state index in [0.29, 0.717) is 12.2 Å². The predicted octanol–water partition coefficient (Wildman–Crippen LogP) is 4.09. The fourth-order valence-corrected chi connectivity index (χ4v) is 6.38. The van der Waals surface area contributed by atoms with Crippen molar-refractivity contribution in [2.24, 2.45) is 29.1 Å². The average molecular weight is 482 g/mol. The molecule has 1 heterocycles. The van der Waals surface area contributed by atoms with Crippen LogP contribution >= 0.6 is 0 Å². The van der Waals surface area contributed by atoms with Crippen LogP contribution in [0, 0.1) is 34.9 Å². The van der Waals surface area contributed by atoms with Gasteiger partial charge >= 0.3 is 0 Å². The van der Waals surface area contributed by atoms with Gasteiger partial charge in [-0.2, -0.15) is 0 Å². The molecule has 1 aromatic carbocycles. The highest BCUT2D eigenvalue weighted by molar-refractivity contribution is 5.92. The summed E-state index contributed by atoms with van der Waals surface area (Å²) in [5.74, 6) is -1.07. The first kappa shape index (κ1) is 25.3. The van der Waals surface area contributed by atoms with E-state index in [1.165, 1.54) is 12.1 Å². The Kier molecular flexibility index (Phi) is 7.55. The monoisotopic (exact) mass is 481 g/mol. The van der Waals surface area contributed by atoms with Gasteiger partial charge in [-0.05, 0) is 78.7 Å². The molecule has 0 unspecified atom stereocenters. The topological polar surface area (TPSA) is 91.3 Å². The van der Waals surface area contributed by atoms with Crippen molar-refractivity contribution in [1.82, 2.24) is 15.6 Å². The van der Waals surface area contributed by atoms with Crippen molar-refractivity contribution in [2.75, 3.05) is 0 Å². The van der Waals surface area contributed by atoms with Crippen LogP contribution in [0.1, 0.15) is 62.5 Å². The molecular weight excluding hydrogens is 445 g/mol. The number of aliphatic hydroxyl groups is 1. The zero-order valence-corrected chi connectivity index (χ0v) is 20.7. The van der Waals surface area contributed by atoms with Crippen molar-refractivity contribution >= 4 is 11.8 Å². The summed E-state index contributed by atoms with van der Waals surface area (Å²) in [5.41, 5.74) is 1.20. The molecule has 35 heavy (non-hydrogen) atoms. The lowest BCUT2D eigenvalue weighted by molar-refractivity contribution is -0.142. The second kappa shape index (κ2) is 10.4. The van der Waals surface area contributed by atoms with E-state index in [0.717, 1.165) is 31.2 Å². The summed E-state index contributed by atoms with van der Waals surface area (Å²) in [6.07, 6.45) is 4.48. The number of fused-ring (bicyclic) bond motifs is 1. The highest BCUT2D eigenvalue weighted by atomic mass is 19.1. The van der Waals surface area contributed by atoms with Gasteiger partial charge in [-0.1, -0.05) is 39.0 Å². The third kappa shape index (κ3) is 5.40. The van der Waals surface area contributed by atoms with Gasteiger partial charge in [-0.25, -0.2) is 4.39 Å². The number of nitrogens with zero attached hydrogens (tertiary/aromatic N) is 1. The number of amides is 2. The Bertz CT molecular complexity index is 1030. The van der Waals surface area contributed by atoms with Crippen LogP contribution in [0.2, 0.25) is 0 Å². The summed E-state index contributed by atoms with van der Waals surface area (Å²) < 4.78 is 13.1. The number of carbonyl (C=O) groups excluding carboxylic acids is 2. The van der Waals surface area contributed by atoms with Crippen molar-refractivity contribution in [3.05, 3.63) is 65.7 Å². The lowest BCUT2D eigenvalue weighted by Gasteiger charge is -2.56. The number of rotatable bonds is 6. The molecule has 2 aromatic rings. The Morgan fingerprint density at radius 3 is 2.57 bits per heavy atom. The molecule has 0 spiro atoms. The molecule has 3 N–H and O–H groups in total. The fourth-order valence-electron chi connectivity index (χ4n) is 6.38. The van der Waals surface area contributed by atoms with Crippen LogP contribution in [0.4, 0.5) is 4.39 Å². The SMILES string of the molecule is C[C@H]1[C@@H]2[C@@H](O)[C@H]([C@H](C)C(=O)NCc3ccc(F)cc3)CC[C@@]2(C)CC[C@@H]1NC(=O)c1ccccn1. The van der Waals surface area contributed by atoms with E-state index >= 15 is 0 Å². The van der Waals surface area contributed by atoms with Crippen LogP contribution in [0.5, 0.6) is 0 Å². The molecule has 1 aromatic heterocycles. The van der Waals surface area contributed by atoms with Crippen molar-refractivity contribution in [3.63, 3.8) is 0 Å². The average Bonchev–Trinajstić information content (AvgIpc) is 2.85. The Morgan fingerprint density at radius 2 is 1.89 bits per heavy atom. The highest BCUT2D eigenvalue weighted by Crippen LogP contribution is 2.55. The lowest BCUT2D eigenvalue weighted by atomic mass is 9.51. The summed E-state index contributed by atoms with van der Waals surface area (Å²) >= 11 is 0. The third-order valence-electron chi connectivity index (χ3n) is 8.54. The molecule has 2 saturated carbocycles. The Balaban J connectivity index is 1.41.